The fourth-order valence-electron chi connectivity index (χ4n) is 5.27. The van der Waals surface area contributed by atoms with E-state index < -0.39 is 0 Å². The Balaban J connectivity index is 0.00000156. The van der Waals surface area contributed by atoms with Crippen molar-refractivity contribution in [3.63, 3.8) is 0 Å². The molecule has 1 N–H and O–H groups in total. The van der Waals surface area contributed by atoms with Gasteiger partial charge in [-0.05, 0) is 44.4 Å². The van der Waals surface area contributed by atoms with Crippen LogP contribution in [0.3, 0.4) is 0 Å². The van der Waals surface area contributed by atoms with Gasteiger partial charge in [0.1, 0.15) is 0 Å². The quantitative estimate of drug-likeness (QED) is 0.818. The summed E-state index contributed by atoms with van der Waals surface area (Å²) in [7, 11) is 0. The Morgan fingerprint density at radius 2 is 1.83 bits per heavy atom. The molecule has 1 aliphatic carbocycles. The van der Waals surface area contributed by atoms with Crippen molar-refractivity contribution in [3.05, 3.63) is 0 Å². The predicted molar refractivity (Wildman–Crippen MR) is 99.4 cm³/mol. The highest BCUT2D eigenvalue weighted by atomic mass is 35.5. The first-order chi connectivity index (χ1) is 10.7. The number of nitrogens with one attached hydrogen (secondary N) is 1. The summed E-state index contributed by atoms with van der Waals surface area (Å²) >= 11 is 2.16. The number of fused-ring (bicyclic) bond motifs is 2. The second-order valence-electron chi connectivity index (χ2n) is 8.09. The molecular formula is C18H31ClN2OS. The van der Waals surface area contributed by atoms with Crippen LogP contribution in [0.1, 0.15) is 64.2 Å². The van der Waals surface area contributed by atoms with Crippen molar-refractivity contribution < 1.29 is 4.79 Å². The highest BCUT2D eigenvalue weighted by molar-refractivity contribution is 8.00. The SMILES string of the molecule is Cl.O=C(CC1CC2CCC(C1)N2)N1CCSC2(CCCCC2)C1. The molecule has 4 rings (SSSR count). The zero-order chi connectivity index (χ0) is 15.0. The maximum absolute atomic E-state index is 12.8. The number of carbonyl (C=O) groups is 1. The molecule has 3 saturated heterocycles. The summed E-state index contributed by atoms with van der Waals surface area (Å²) in [5.74, 6) is 2.25. The van der Waals surface area contributed by atoms with Gasteiger partial charge < -0.3 is 10.2 Å². The van der Waals surface area contributed by atoms with Crippen LogP contribution in [0.2, 0.25) is 0 Å². The topological polar surface area (TPSA) is 32.3 Å². The van der Waals surface area contributed by atoms with Crippen molar-refractivity contribution >= 4 is 30.1 Å². The summed E-state index contributed by atoms with van der Waals surface area (Å²) in [5, 5.41) is 3.69. The normalized spacial score (nSPS) is 35.8. The van der Waals surface area contributed by atoms with Gasteiger partial charge in [0.15, 0.2) is 0 Å². The lowest BCUT2D eigenvalue weighted by Crippen LogP contribution is -2.50. The molecule has 2 bridgehead atoms. The third kappa shape index (κ3) is 4.01. The smallest absolute Gasteiger partial charge is 0.222 e. The van der Waals surface area contributed by atoms with Crippen molar-refractivity contribution in [3.8, 4) is 0 Å². The fourth-order valence-corrected chi connectivity index (χ4v) is 6.84. The molecule has 4 fully saturated rings. The van der Waals surface area contributed by atoms with Gasteiger partial charge >= 0.3 is 0 Å². The van der Waals surface area contributed by atoms with Crippen molar-refractivity contribution in [2.75, 3.05) is 18.8 Å². The van der Waals surface area contributed by atoms with E-state index in [0.717, 1.165) is 25.3 Å². The van der Waals surface area contributed by atoms with Crippen molar-refractivity contribution in [2.45, 2.75) is 81.0 Å². The van der Waals surface area contributed by atoms with Gasteiger partial charge in [-0.15, -0.1) is 12.4 Å². The number of hydrogen-bond donors (Lipinski definition) is 1. The number of hydrogen-bond acceptors (Lipinski definition) is 3. The second kappa shape index (κ2) is 7.53. The number of rotatable bonds is 2. The Hall–Kier alpha value is 0.0700. The molecule has 5 heteroatoms. The summed E-state index contributed by atoms with van der Waals surface area (Å²) in [4.78, 5) is 15.1. The van der Waals surface area contributed by atoms with Gasteiger partial charge in [0.05, 0.1) is 0 Å². The number of piperidine rings is 1. The number of carbonyl (C=O) groups excluding carboxylic acids is 1. The molecule has 1 saturated carbocycles. The van der Waals surface area contributed by atoms with Crippen LogP contribution in [0, 0.1) is 5.92 Å². The highest BCUT2D eigenvalue weighted by Crippen LogP contribution is 2.43. The molecule has 0 aromatic rings. The highest BCUT2D eigenvalue weighted by Gasteiger charge is 2.40. The van der Waals surface area contributed by atoms with Crippen LogP contribution in [0.4, 0.5) is 0 Å². The first-order valence-corrected chi connectivity index (χ1v) is 10.4. The summed E-state index contributed by atoms with van der Waals surface area (Å²) in [5.41, 5.74) is 0. The van der Waals surface area contributed by atoms with Gasteiger partial charge in [0.25, 0.3) is 0 Å². The molecule has 3 heterocycles. The van der Waals surface area contributed by atoms with Crippen molar-refractivity contribution in [1.82, 2.24) is 10.2 Å². The standard InChI is InChI=1S/C18H30N2OS.ClH/c21-17(12-14-10-15-4-5-16(11-14)19-15)20-8-9-22-18(13-20)6-2-1-3-7-18;/h14-16,19H,1-13H2;1H. The van der Waals surface area contributed by atoms with E-state index in [9.17, 15) is 4.79 Å². The van der Waals surface area contributed by atoms with E-state index in [2.05, 4.69) is 22.0 Å². The first-order valence-electron chi connectivity index (χ1n) is 9.40. The summed E-state index contributed by atoms with van der Waals surface area (Å²) in [6.07, 6.45) is 12.7. The maximum Gasteiger partial charge on any atom is 0.222 e. The first kappa shape index (κ1) is 17.9. The van der Waals surface area contributed by atoms with Crippen molar-refractivity contribution in [2.24, 2.45) is 5.92 Å². The van der Waals surface area contributed by atoms with Gasteiger partial charge in [-0.1, -0.05) is 19.3 Å². The minimum Gasteiger partial charge on any atom is -0.340 e. The number of amides is 1. The van der Waals surface area contributed by atoms with Crippen LogP contribution in [0.25, 0.3) is 0 Å². The molecule has 0 aromatic heterocycles. The summed E-state index contributed by atoms with van der Waals surface area (Å²) < 4.78 is 0.416. The van der Waals surface area contributed by atoms with Crippen molar-refractivity contribution in [1.29, 1.82) is 0 Å². The van der Waals surface area contributed by atoms with E-state index in [1.165, 1.54) is 57.8 Å². The minimum atomic E-state index is 0. The third-order valence-corrected chi connectivity index (χ3v) is 7.94. The Kier molecular flexibility index (Phi) is 5.85. The zero-order valence-corrected chi connectivity index (χ0v) is 15.7. The van der Waals surface area contributed by atoms with E-state index in [0.29, 0.717) is 28.7 Å². The molecule has 0 aromatic carbocycles. The third-order valence-electron chi connectivity index (χ3n) is 6.40. The Labute approximate surface area is 151 Å². The average Bonchev–Trinajstić information content (AvgIpc) is 2.87. The lowest BCUT2D eigenvalue weighted by atomic mass is 9.86. The lowest BCUT2D eigenvalue weighted by Gasteiger charge is -2.45. The molecule has 2 unspecified atom stereocenters. The molecule has 1 amide bonds. The molecule has 3 nitrogen and oxygen atoms in total. The average molecular weight is 359 g/mol. The summed E-state index contributed by atoms with van der Waals surface area (Å²) in [6.45, 7) is 2.03. The van der Waals surface area contributed by atoms with E-state index in [1.807, 2.05) is 0 Å². The minimum absolute atomic E-state index is 0. The van der Waals surface area contributed by atoms with Gasteiger partial charge in [-0.3, -0.25) is 4.79 Å². The van der Waals surface area contributed by atoms with Crippen LogP contribution in [0.5, 0.6) is 0 Å². The molecule has 23 heavy (non-hydrogen) atoms. The molecule has 0 radical (unpaired) electrons. The molecule has 132 valence electrons. The monoisotopic (exact) mass is 358 g/mol. The van der Waals surface area contributed by atoms with E-state index in [4.69, 9.17) is 0 Å². The zero-order valence-electron chi connectivity index (χ0n) is 14.1. The Morgan fingerprint density at radius 3 is 2.52 bits per heavy atom. The van der Waals surface area contributed by atoms with Crippen LogP contribution >= 0.6 is 24.2 Å². The molecule has 4 aliphatic rings. The van der Waals surface area contributed by atoms with E-state index in [-0.39, 0.29) is 12.4 Å². The lowest BCUT2D eigenvalue weighted by molar-refractivity contribution is -0.133. The number of nitrogens with zero attached hydrogens (tertiary/aromatic N) is 1. The van der Waals surface area contributed by atoms with Crippen LogP contribution in [0.15, 0.2) is 0 Å². The van der Waals surface area contributed by atoms with Gasteiger partial charge in [-0.25, -0.2) is 0 Å². The summed E-state index contributed by atoms with van der Waals surface area (Å²) in [6, 6.07) is 1.41. The van der Waals surface area contributed by atoms with Gasteiger partial charge in [0.2, 0.25) is 5.91 Å². The van der Waals surface area contributed by atoms with Crippen LogP contribution < -0.4 is 5.32 Å². The fraction of sp³-hybridized carbons (Fsp3) is 0.944. The molecule has 1 spiro atoms. The largest absolute Gasteiger partial charge is 0.340 e. The predicted octanol–water partition coefficient (Wildman–Crippen LogP) is 3.61. The van der Waals surface area contributed by atoms with E-state index >= 15 is 0 Å². The molecule has 2 atom stereocenters. The maximum atomic E-state index is 12.8. The van der Waals surface area contributed by atoms with Gasteiger partial charge in [-0.2, -0.15) is 11.8 Å². The number of thioether (sulfide) groups is 1. The van der Waals surface area contributed by atoms with Crippen LogP contribution in [-0.4, -0.2) is 46.5 Å². The Morgan fingerprint density at radius 1 is 1.13 bits per heavy atom. The molecule has 3 aliphatic heterocycles. The van der Waals surface area contributed by atoms with Crippen LogP contribution in [-0.2, 0) is 4.79 Å². The van der Waals surface area contributed by atoms with E-state index in [1.54, 1.807) is 0 Å². The molecular weight excluding hydrogens is 328 g/mol. The second-order valence-corrected chi connectivity index (χ2v) is 9.65. The Bertz CT molecular complexity index is 410. The number of halogens is 1. The van der Waals surface area contributed by atoms with Gasteiger partial charge in [0, 0.05) is 42.1 Å².